The SMILES string of the molecule is CCc1ccc(Cc2sc([C@@H]3O[C@H](CC)[C@@H](C)[C@H](OC(C)=O)[C@H]3OC(C)=O)c(C)c2C)cc1. The number of esters is 2. The molecule has 3 rings (SSSR count). The molecule has 33 heavy (non-hydrogen) atoms. The fraction of sp³-hybridized carbons (Fsp3) is 0.556. The Hall–Kier alpha value is -2.18. The first-order valence-corrected chi connectivity index (χ1v) is 12.6. The Kier molecular flexibility index (Phi) is 8.35. The van der Waals surface area contributed by atoms with Crippen molar-refractivity contribution in [3.63, 3.8) is 0 Å². The van der Waals surface area contributed by atoms with E-state index in [4.69, 9.17) is 14.2 Å². The number of carbonyl (C=O) groups is 2. The van der Waals surface area contributed by atoms with Gasteiger partial charge in [0.2, 0.25) is 0 Å². The minimum atomic E-state index is -0.683. The van der Waals surface area contributed by atoms with Crippen LogP contribution in [0.25, 0.3) is 0 Å². The summed E-state index contributed by atoms with van der Waals surface area (Å²) in [5.41, 5.74) is 4.97. The number of ether oxygens (including phenoxy) is 3. The average Bonchev–Trinajstić information content (AvgIpc) is 3.05. The molecule has 1 aromatic carbocycles. The number of thiophene rings is 1. The maximum atomic E-state index is 12.0. The van der Waals surface area contributed by atoms with Gasteiger partial charge in [0.25, 0.3) is 0 Å². The molecule has 180 valence electrons. The number of benzene rings is 1. The summed E-state index contributed by atoms with van der Waals surface area (Å²) in [7, 11) is 0. The molecule has 5 atom stereocenters. The quantitative estimate of drug-likeness (QED) is 0.472. The number of hydrogen-bond acceptors (Lipinski definition) is 6. The van der Waals surface area contributed by atoms with Gasteiger partial charge in [0.05, 0.1) is 6.10 Å². The minimum absolute atomic E-state index is 0.0857. The zero-order chi connectivity index (χ0) is 24.3. The highest BCUT2D eigenvalue weighted by Gasteiger charge is 2.48. The molecule has 1 aliphatic heterocycles. The summed E-state index contributed by atoms with van der Waals surface area (Å²) >= 11 is 1.71. The van der Waals surface area contributed by atoms with Crippen LogP contribution in [0.4, 0.5) is 0 Å². The molecule has 6 heteroatoms. The van der Waals surface area contributed by atoms with Gasteiger partial charge in [0.1, 0.15) is 12.2 Å². The van der Waals surface area contributed by atoms with Crippen LogP contribution in [0.15, 0.2) is 24.3 Å². The highest BCUT2D eigenvalue weighted by atomic mass is 32.1. The monoisotopic (exact) mass is 472 g/mol. The largest absolute Gasteiger partial charge is 0.458 e. The summed E-state index contributed by atoms with van der Waals surface area (Å²) in [6.45, 7) is 13.2. The van der Waals surface area contributed by atoms with Crippen molar-refractivity contribution in [2.24, 2.45) is 5.92 Å². The molecule has 2 aromatic rings. The second-order valence-corrected chi connectivity index (χ2v) is 10.1. The Morgan fingerprint density at radius 1 is 0.939 bits per heavy atom. The van der Waals surface area contributed by atoms with Gasteiger partial charge in [-0.15, -0.1) is 11.3 Å². The van der Waals surface area contributed by atoms with Gasteiger partial charge in [-0.25, -0.2) is 0 Å². The predicted octanol–water partition coefficient (Wildman–Crippen LogP) is 5.87. The summed E-state index contributed by atoms with van der Waals surface area (Å²) in [6.07, 6.45) is 0.839. The number of aryl methyl sites for hydroxylation is 1. The van der Waals surface area contributed by atoms with Crippen molar-refractivity contribution in [2.75, 3.05) is 0 Å². The van der Waals surface area contributed by atoms with Gasteiger partial charge >= 0.3 is 11.9 Å². The van der Waals surface area contributed by atoms with Crippen LogP contribution in [0.3, 0.4) is 0 Å². The molecule has 0 unspecified atom stereocenters. The van der Waals surface area contributed by atoms with Crippen molar-refractivity contribution >= 4 is 23.3 Å². The normalized spacial score (nSPS) is 25.0. The fourth-order valence-corrected chi connectivity index (χ4v) is 6.06. The third-order valence-corrected chi connectivity index (χ3v) is 8.15. The molecule has 0 radical (unpaired) electrons. The summed E-state index contributed by atoms with van der Waals surface area (Å²) in [5, 5.41) is 0. The first kappa shape index (κ1) is 25.4. The molecule has 0 aliphatic carbocycles. The van der Waals surface area contributed by atoms with Gasteiger partial charge in [-0.2, -0.15) is 0 Å². The van der Waals surface area contributed by atoms with Gasteiger partial charge in [0.15, 0.2) is 6.10 Å². The molecule has 5 nitrogen and oxygen atoms in total. The lowest BCUT2D eigenvalue weighted by atomic mass is 9.85. The van der Waals surface area contributed by atoms with E-state index < -0.39 is 24.3 Å². The van der Waals surface area contributed by atoms with E-state index in [0.717, 1.165) is 29.7 Å². The number of hydrogen-bond donors (Lipinski definition) is 0. The Labute approximate surface area is 201 Å². The standard InChI is InChI=1S/C27H36O5S/c1-8-20-10-12-21(13-11-20)14-23-15(3)16(4)27(33-23)26-25(31-19(7)29)24(30-18(6)28)17(5)22(9-2)32-26/h10-13,17,22,24-26H,8-9,14H2,1-7H3/t17-,22-,24+,25-,26-/m1/s1. The smallest absolute Gasteiger partial charge is 0.303 e. The highest BCUT2D eigenvalue weighted by Crippen LogP contribution is 2.44. The molecule has 0 bridgehead atoms. The molecule has 2 heterocycles. The van der Waals surface area contributed by atoms with Crippen molar-refractivity contribution in [1.82, 2.24) is 0 Å². The van der Waals surface area contributed by atoms with E-state index in [1.54, 1.807) is 11.3 Å². The van der Waals surface area contributed by atoms with E-state index in [9.17, 15) is 9.59 Å². The van der Waals surface area contributed by atoms with Crippen molar-refractivity contribution in [3.8, 4) is 0 Å². The van der Waals surface area contributed by atoms with Gasteiger partial charge < -0.3 is 14.2 Å². The van der Waals surface area contributed by atoms with Crippen LogP contribution in [-0.2, 0) is 36.6 Å². The molecule has 1 saturated heterocycles. The Morgan fingerprint density at radius 3 is 2.06 bits per heavy atom. The van der Waals surface area contributed by atoms with E-state index in [1.807, 2.05) is 6.92 Å². The molecular weight excluding hydrogens is 436 g/mol. The molecule has 1 fully saturated rings. The van der Waals surface area contributed by atoms with Crippen molar-refractivity contribution in [3.05, 3.63) is 56.3 Å². The van der Waals surface area contributed by atoms with E-state index in [0.29, 0.717) is 0 Å². The Bertz CT molecular complexity index is 977. The molecule has 0 spiro atoms. The van der Waals surface area contributed by atoms with Crippen LogP contribution in [0.2, 0.25) is 0 Å². The first-order chi connectivity index (χ1) is 15.7. The van der Waals surface area contributed by atoms with Crippen LogP contribution in [0.5, 0.6) is 0 Å². The van der Waals surface area contributed by atoms with Crippen LogP contribution in [0, 0.1) is 19.8 Å². The molecule has 0 N–H and O–H groups in total. The zero-order valence-electron chi connectivity index (χ0n) is 20.8. The number of carbonyl (C=O) groups excluding carboxylic acids is 2. The van der Waals surface area contributed by atoms with E-state index in [-0.39, 0.29) is 18.0 Å². The third-order valence-electron chi connectivity index (χ3n) is 6.69. The lowest BCUT2D eigenvalue weighted by Gasteiger charge is -2.44. The van der Waals surface area contributed by atoms with E-state index in [2.05, 4.69) is 52.0 Å². The maximum Gasteiger partial charge on any atom is 0.303 e. The number of rotatable bonds is 7. The topological polar surface area (TPSA) is 61.8 Å². The molecule has 1 aromatic heterocycles. The zero-order valence-corrected chi connectivity index (χ0v) is 21.6. The minimum Gasteiger partial charge on any atom is -0.458 e. The van der Waals surface area contributed by atoms with Crippen LogP contribution >= 0.6 is 11.3 Å². The molecule has 0 amide bonds. The highest BCUT2D eigenvalue weighted by molar-refractivity contribution is 7.12. The van der Waals surface area contributed by atoms with Gasteiger partial charge in [-0.3, -0.25) is 9.59 Å². The first-order valence-electron chi connectivity index (χ1n) is 11.8. The Balaban J connectivity index is 1.99. The molecular formula is C27H36O5S. The van der Waals surface area contributed by atoms with Gasteiger partial charge in [-0.1, -0.05) is 45.0 Å². The summed E-state index contributed by atoms with van der Waals surface area (Å²) < 4.78 is 18.0. The van der Waals surface area contributed by atoms with E-state index in [1.165, 1.54) is 35.4 Å². The van der Waals surface area contributed by atoms with Crippen LogP contribution < -0.4 is 0 Å². The lowest BCUT2D eigenvalue weighted by molar-refractivity contribution is -0.225. The van der Waals surface area contributed by atoms with E-state index >= 15 is 0 Å². The lowest BCUT2D eigenvalue weighted by Crippen LogP contribution is -2.52. The third kappa shape index (κ3) is 5.67. The van der Waals surface area contributed by atoms with Gasteiger partial charge in [-0.05, 0) is 48.9 Å². The van der Waals surface area contributed by atoms with Crippen molar-refractivity contribution in [2.45, 2.75) is 92.1 Å². The van der Waals surface area contributed by atoms with Crippen LogP contribution in [-0.4, -0.2) is 30.3 Å². The average molecular weight is 473 g/mol. The summed E-state index contributed by atoms with van der Waals surface area (Å²) in [6, 6.07) is 8.75. The molecule has 0 saturated carbocycles. The maximum absolute atomic E-state index is 12.0. The molecule has 1 aliphatic rings. The Morgan fingerprint density at radius 2 is 1.52 bits per heavy atom. The predicted molar refractivity (Wildman–Crippen MR) is 131 cm³/mol. The second kappa shape index (κ2) is 10.8. The van der Waals surface area contributed by atoms with Crippen molar-refractivity contribution in [1.29, 1.82) is 0 Å². The second-order valence-electron chi connectivity index (χ2n) is 9.00. The summed E-state index contributed by atoms with van der Waals surface area (Å²) in [5.74, 6) is -0.873. The summed E-state index contributed by atoms with van der Waals surface area (Å²) in [4.78, 5) is 26.2. The fourth-order valence-electron chi connectivity index (χ4n) is 4.64. The van der Waals surface area contributed by atoms with Crippen molar-refractivity contribution < 1.29 is 23.8 Å². The van der Waals surface area contributed by atoms with Crippen LogP contribution in [0.1, 0.15) is 79.2 Å². The van der Waals surface area contributed by atoms with Gasteiger partial charge in [0, 0.05) is 35.9 Å².